The smallest absolute Gasteiger partial charge is 0.261 e. The summed E-state index contributed by atoms with van der Waals surface area (Å²) in [5.74, 6) is -0.341. The zero-order valence-electron chi connectivity index (χ0n) is 4.55. The highest BCUT2D eigenvalue weighted by Crippen LogP contribution is 1.72. The van der Waals surface area contributed by atoms with Crippen molar-refractivity contribution in [1.82, 2.24) is 10.9 Å². The number of thiol groups is 1. The first-order chi connectivity index (χ1) is 4.16. The van der Waals surface area contributed by atoms with Crippen molar-refractivity contribution in [2.75, 3.05) is 0 Å². The van der Waals surface area contributed by atoms with Crippen LogP contribution in [0.5, 0.6) is 0 Å². The summed E-state index contributed by atoms with van der Waals surface area (Å²) in [5.41, 5.74) is 4.53. The summed E-state index contributed by atoms with van der Waals surface area (Å²) in [6.07, 6.45) is 1.12. The number of hydrogen-bond acceptors (Lipinski definition) is 2. The number of rotatable bonds is 1. The first kappa shape index (κ1) is 8.45. The van der Waals surface area contributed by atoms with E-state index >= 15 is 0 Å². The van der Waals surface area contributed by atoms with Gasteiger partial charge in [0.2, 0.25) is 0 Å². The highest BCUT2D eigenvalue weighted by atomic mass is 32.1. The number of hydrogen-bond donors (Lipinski definition) is 3. The first-order valence-electron chi connectivity index (χ1n) is 2.08. The fraction of sp³-hybridized carbons (Fsp3) is 0. The summed E-state index contributed by atoms with van der Waals surface area (Å²) in [5, 5.41) is 0. The van der Waals surface area contributed by atoms with E-state index in [0.29, 0.717) is 0 Å². The van der Waals surface area contributed by atoms with Gasteiger partial charge in [-0.25, -0.2) is 0 Å². The topological polar surface area (TPSA) is 41.1 Å². The van der Waals surface area contributed by atoms with Gasteiger partial charge in [0.25, 0.3) is 5.91 Å². The highest BCUT2D eigenvalue weighted by molar-refractivity contribution is 8.11. The van der Waals surface area contributed by atoms with Crippen molar-refractivity contribution >= 4 is 35.1 Å². The minimum Gasteiger partial charge on any atom is -0.283 e. The summed E-state index contributed by atoms with van der Waals surface area (Å²) in [6, 6.07) is 0. The number of nitrogens with one attached hydrogen (secondary N) is 2. The molecule has 0 aromatic heterocycles. The molecule has 0 aromatic rings. The van der Waals surface area contributed by atoms with E-state index in [0.717, 1.165) is 6.08 Å². The van der Waals surface area contributed by atoms with Crippen molar-refractivity contribution in [2.24, 2.45) is 0 Å². The minimum absolute atomic E-state index is 0.213. The fourth-order valence-corrected chi connectivity index (χ4v) is 0.273. The molecule has 0 saturated carbocycles. The van der Waals surface area contributed by atoms with Crippen LogP contribution in [0.25, 0.3) is 0 Å². The fourth-order valence-electron chi connectivity index (χ4n) is 0.166. The molecule has 0 atom stereocenters. The zero-order chi connectivity index (χ0) is 7.28. The summed E-state index contributed by atoms with van der Waals surface area (Å²) in [7, 11) is 0. The number of hydrazine groups is 1. The van der Waals surface area contributed by atoms with E-state index in [1.54, 1.807) is 0 Å². The Morgan fingerprint density at radius 2 is 2.22 bits per heavy atom. The van der Waals surface area contributed by atoms with Crippen LogP contribution in [0.3, 0.4) is 0 Å². The molecule has 0 aliphatic carbocycles. The summed E-state index contributed by atoms with van der Waals surface area (Å²) in [6.45, 7) is 3.22. The molecule has 0 spiro atoms. The number of carbonyl (C=O) groups excluding carboxylic acids is 1. The van der Waals surface area contributed by atoms with Gasteiger partial charge in [-0.15, -0.1) is 12.6 Å². The van der Waals surface area contributed by atoms with E-state index in [9.17, 15) is 4.79 Å². The first-order valence-corrected chi connectivity index (χ1v) is 2.93. The Morgan fingerprint density at radius 3 is 2.56 bits per heavy atom. The molecule has 3 nitrogen and oxygen atoms in total. The predicted molar refractivity (Wildman–Crippen MR) is 43.1 cm³/mol. The van der Waals surface area contributed by atoms with Gasteiger partial charge in [0, 0.05) is 0 Å². The number of thiocarbonyl (C=S) groups is 1. The van der Waals surface area contributed by atoms with Crippen LogP contribution in [-0.2, 0) is 4.79 Å². The average Bonchev–Trinajstić information content (AvgIpc) is 1.83. The Kier molecular flexibility index (Phi) is 4.08. The van der Waals surface area contributed by atoms with E-state index < -0.39 is 0 Å². The van der Waals surface area contributed by atoms with Crippen LogP contribution in [-0.4, -0.2) is 10.2 Å². The normalized spacial score (nSPS) is 7.67. The van der Waals surface area contributed by atoms with E-state index in [1.165, 1.54) is 0 Å². The molecule has 0 heterocycles. The third-order valence-electron chi connectivity index (χ3n) is 0.478. The molecular weight excluding hydrogens is 156 g/mol. The molecule has 50 valence electrons. The molecule has 0 radical (unpaired) electrons. The lowest BCUT2D eigenvalue weighted by atomic mass is 10.6. The number of amides is 1. The van der Waals surface area contributed by atoms with E-state index in [2.05, 4.69) is 42.3 Å². The van der Waals surface area contributed by atoms with Gasteiger partial charge in [0.15, 0.2) is 0 Å². The van der Waals surface area contributed by atoms with E-state index in [4.69, 9.17) is 0 Å². The maximum Gasteiger partial charge on any atom is 0.261 e. The maximum absolute atomic E-state index is 10.3. The molecule has 9 heavy (non-hydrogen) atoms. The summed E-state index contributed by atoms with van der Waals surface area (Å²) < 4.78 is 0.213. The van der Waals surface area contributed by atoms with Gasteiger partial charge in [-0.3, -0.25) is 15.6 Å². The number of carbonyl (C=O) groups is 1. The van der Waals surface area contributed by atoms with Crippen molar-refractivity contribution in [2.45, 2.75) is 0 Å². The Balaban J connectivity index is 3.39. The van der Waals surface area contributed by atoms with Crippen molar-refractivity contribution in [3.8, 4) is 0 Å². The lowest BCUT2D eigenvalue weighted by Gasteiger charge is -2.00. The van der Waals surface area contributed by atoms with E-state index in [-0.39, 0.29) is 10.2 Å². The van der Waals surface area contributed by atoms with Gasteiger partial charge in [-0.1, -0.05) is 18.8 Å². The second kappa shape index (κ2) is 4.34. The molecule has 0 bridgehead atoms. The van der Waals surface area contributed by atoms with Crippen LogP contribution < -0.4 is 10.9 Å². The lowest BCUT2D eigenvalue weighted by Crippen LogP contribution is -2.37. The van der Waals surface area contributed by atoms with Gasteiger partial charge < -0.3 is 0 Å². The summed E-state index contributed by atoms with van der Waals surface area (Å²) in [4.78, 5) is 10.3. The van der Waals surface area contributed by atoms with Crippen LogP contribution in [0.2, 0.25) is 0 Å². The maximum atomic E-state index is 10.3. The third-order valence-corrected chi connectivity index (χ3v) is 0.692. The monoisotopic (exact) mass is 162 g/mol. The molecule has 0 aliphatic rings. The molecule has 2 N–H and O–H groups in total. The van der Waals surface area contributed by atoms with Crippen LogP contribution in [0.1, 0.15) is 0 Å². The molecule has 5 heteroatoms. The van der Waals surface area contributed by atoms with Crippen LogP contribution in [0.15, 0.2) is 12.7 Å². The standard InChI is InChI=1S/C4H6N2OS2/c1-2-3(7)5-6-4(8)9/h2H,1H2,(H,5,7)(H2,6,8,9). The van der Waals surface area contributed by atoms with Gasteiger partial charge in [0.1, 0.15) is 4.32 Å². The molecule has 0 aromatic carbocycles. The Labute approximate surface area is 63.9 Å². The zero-order valence-corrected chi connectivity index (χ0v) is 6.26. The van der Waals surface area contributed by atoms with Gasteiger partial charge in [0.05, 0.1) is 0 Å². The molecule has 1 amide bonds. The van der Waals surface area contributed by atoms with E-state index in [1.807, 2.05) is 0 Å². The second-order valence-electron chi connectivity index (χ2n) is 1.12. The van der Waals surface area contributed by atoms with Crippen LogP contribution in [0, 0.1) is 0 Å². The van der Waals surface area contributed by atoms with Gasteiger partial charge in [-0.2, -0.15) is 0 Å². The molecular formula is C4H6N2OS2. The Morgan fingerprint density at radius 1 is 1.67 bits per heavy atom. The average molecular weight is 162 g/mol. The molecule has 0 aliphatic heterocycles. The molecule has 0 unspecified atom stereocenters. The molecule has 0 rings (SSSR count). The highest BCUT2D eigenvalue weighted by Gasteiger charge is 1.89. The van der Waals surface area contributed by atoms with Crippen molar-refractivity contribution < 1.29 is 4.79 Å². The Bertz CT molecular complexity index is 146. The summed E-state index contributed by atoms with van der Waals surface area (Å²) >= 11 is 8.15. The second-order valence-corrected chi connectivity index (χ2v) is 2.28. The van der Waals surface area contributed by atoms with Gasteiger partial charge >= 0.3 is 0 Å². The Hall–Kier alpha value is -0.550. The van der Waals surface area contributed by atoms with Gasteiger partial charge in [-0.05, 0) is 6.08 Å². The van der Waals surface area contributed by atoms with Crippen LogP contribution >= 0.6 is 24.8 Å². The van der Waals surface area contributed by atoms with Crippen molar-refractivity contribution in [3.05, 3.63) is 12.7 Å². The third kappa shape index (κ3) is 5.32. The van der Waals surface area contributed by atoms with Crippen molar-refractivity contribution in [3.63, 3.8) is 0 Å². The molecule has 0 fully saturated rings. The van der Waals surface area contributed by atoms with Crippen molar-refractivity contribution in [1.29, 1.82) is 0 Å². The molecule has 0 saturated heterocycles. The van der Waals surface area contributed by atoms with Crippen LogP contribution in [0.4, 0.5) is 0 Å². The predicted octanol–water partition coefficient (Wildman–Crippen LogP) is 0.00790. The minimum atomic E-state index is -0.341. The largest absolute Gasteiger partial charge is 0.283 e. The quantitative estimate of drug-likeness (QED) is 0.220. The lowest BCUT2D eigenvalue weighted by molar-refractivity contribution is -0.116. The SMILES string of the molecule is C=CC(=O)NNC(=S)S.